The van der Waals surface area contributed by atoms with Gasteiger partial charge < -0.3 is 9.22 Å². The van der Waals surface area contributed by atoms with Crippen LogP contribution >= 0.6 is 0 Å². The molecule has 0 amide bonds. The number of rotatable bonds is 4. The number of nitrogens with zero attached hydrogens (tertiary/aromatic N) is 1. The summed E-state index contributed by atoms with van der Waals surface area (Å²) in [6.45, 7) is 0.795. The van der Waals surface area contributed by atoms with Crippen molar-refractivity contribution < 1.29 is 14.0 Å². The summed E-state index contributed by atoms with van der Waals surface area (Å²) in [5.41, 5.74) is 5.01. The van der Waals surface area contributed by atoms with E-state index in [1.54, 1.807) is 0 Å². The number of hydrogen-bond donors (Lipinski definition) is 0. The van der Waals surface area contributed by atoms with Crippen LogP contribution in [0, 0.1) is 0 Å². The zero-order valence-corrected chi connectivity index (χ0v) is 13.4. The molecule has 3 heteroatoms. The van der Waals surface area contributed by atoms with Gasteiger partial charge in [0.25, 0.3) is 0 Å². The van der Waals surface area contributed by atoms with Crippen LogP contribution in [0.2, 0.25) is 0 Å². The van der Waals surface area contributed by atoms with Gasteiger partial charge in [-0.05, 0) is 22.3 Å². The number of quaternary nitrogens is 1. The summed E-state index contributed by atoms with van der Waals surface area (Å²) >= 11 is 0. The van der Waals surface area contributed by atoms with E-state index in [0.717, 1.165) is 0 Å². The van der Waals surface area contributed by atoms with E-state index >= 15 is 0 Å². The Bertz CT molecular complexity index is 655. The molecule has 114 valence electrons. The van der Waals surface area contributed by atoms with Gasteiger partial charge in [0.05, 0.1) is 21.1 Å². The first-order valence-electron chi connectivity index (χ1n) is 7.60. The third kappa shape index (κ3) is 2.90. The Labute approximate surface area is 131 Å². The van der Waals surface area contributed by atoms with Gasteiger partial charge in [0.15, 0.2) is 6.54 Å². The van der Waals surface area contributed by atoms with Gasteiger partial charge in [-0.25, -0.2) is 4.79 Å². The van der Waals surface area contributed by atoms with E-state index in [1.165, 1.54) is 22.3 Å². The van der Waals surface area contributed by atoms with Crippen molar-refractivity contribution in [2.45, 2.75) is 5.92 Å². The smallest absolute Gasteiger partial charge is 0.361 e. The van der Waals surface area contributed by atoms with Gasteiger partial charge in [-0.1, -0.05) is 48.5 Å². The molecule has 0 bridgehead atoms. The van der Waals surface area contributed by atoms with E-state index in [4.69, 9.17) is 4.74 Å². The monoisotopic (exact) mass is 296 g/mol. The van der Waals surface area contributed by atoms with Crippen LogP contribution in [0.1, 0.15) is 17.0 Å². The summed E-state index contributed by atoms with van der Waals surface area (Å²) in [4.78, 5) is 12.0. The Hall–Kier alpha value is -2.13. The summed E-state index contributed by atoms with van der Waals surface area (Å²) in [5.74, 6) is -0.00168. The van der Waals surface area contributed by atoms with Gasteiger partial charge in [-0.3, -0.25) is 0 Å². The van der Waals surface area contributed by atoms with E-state index in [-0.39, 0.29) is 11.9 Å². The van der Waals surface area contributed by atoms with Crippen LogP contribution in [-0.2, 0) is 9.53 Å². The summed E-state index contributed by atoms with van der Waals surface area (Å²) in [7, 11) is 5.96. The second kappa shape index (κ2) is 5.58. The molecule has 0 N–H and O–H groups in total. The lowest BCUT2D eigenvalue weighted by Crippen LogP contribution is -2.40. The molecule has 0 heterocycles. The predicted molar refractivity (Wildman–Crippen MR) is 87.6 cm³/mol. The first kappa shape index (κ1) is 14.8. The predicted octanol–water partition coefficient (Wildman–Crippen LogP) is 3.05. The third-order valence-corrected chi connectivity index (χ3v) is 3.98. The third-order valence-electron chi connectivity index (χ3n) is 3.98. The highest BCUT2D eigenvalue weighted by molar-refractivity contribution is 5.79. The average Bonchev–Trinajstić information content (AvgIpc) is 2.78. The minimum absolute atomic E-state index is 0.142. The summed E-state index contributed by atoms with van der Waals surface area (Å²) < 4.78 is 6.14. The number of esters is 1. The number of ether oxygens (including phenoxy) is 1. The number of carbonyl (C=O) groups is 1. The van der Waals surface area contributed by atoms with Crippen LogP contribution in [0.4, 0.5) is 0 Å². The first-order chi connectivity index (χ1) is 10.5. The minimum Gasteiger partial charge on any atom is -0.461 e. The Kier molecular flexibility index (Phi) is 3.75. The molecular formula is C19H22NO2+. The lowest BCUT2D eigenvalue weighted by atomic mass is 9.98. The maximum atomic E-state index is 12.0. The molecule has 0 unspecified atom stereocenters. The molecule has 0 aliphatic heterocycles. The fourth-order valence-electron chi connectivity index (χ4n) is 3.05. The lowest BCUT2D eigenvalue weighted by molar-refractivity contribution is -0.862. The fraction of sp³-hybridized carbons (Fsp3) is 0.316. The molecule has 0 atom stereocenters. The number of carbonyl (C=O) groups excluding carboxylic acids is 1. The van der Waals surface area contributed by atoms with Crippen molar-refractivity contribution in [3.8, 4) is 11.1 Å². The highest BCUT2D eigenvalue weighted by Crippen LogP contribution is 2.44. The van der Waals surface area contributed by atoms with Crippen LogP contribution in [0.3, 0.4) is 0 Å². The maximum Gasteiger partial charge on any atom is 0.361 e. The van der Waals surface area contributed by atoms with Gasteiger partial charge in [0.2, 0.25) is 0 Å². The molecular weight excluding hydrogens is 274 g/mol. The summed E-state index contributed by atoms with van der Waals surface area (Å²) in [6.07, 6.45) is 0. The van der Waals surface area contributed by atoms with Crippen molar-refractivity contribution in [2.75, 3.05) is 34.3 Å². The van der Waals surface area contributed by atoms with Crippen LogP contribution in [0.5, 0.6) is 0 Å². The van der Waals surface area contributed by atoms with Crippen LogP contribution in [0.25, 0.3) is 11.1 Å². The molecule has 3 rings (SSSR count). The zero-order valence-electron chi connectivity index (χ0n) is 13.4. The summed E-state index contributed by atoms with van der Waals surface area (Å²) in [6, 6.07) is 16.8. The van der Waals surface area contributed by atoms with Crippen molar-refractivity contribution in [1.82, 2.24) is 0 Å². The minimum atomic E-state index is -0.144. The molecule has 1 aliphatic carbocycles. The lowest BCUT2D eigenvalue weighted by Gasteiger charge is -2.23. The molecule has 3 nitrogen and oxygen atoms in total. The Morgan fingerprint density at radius 2 is 1.45 bits per heavy atom. The van der Waals surface area contributed by atoms with Crippen LogP contribution < -0.4 is 0 Å². The molecule has 0 saturated carbocycles. The molecule has 22 heavy (non-hydrogen) atoms. The Balaban J connectivity index is 1.81. The number of likely N-dealkylation sites (N-methyl/N-ethyl adjacent to an activating group) is 1. The van der Waals surface area contributed by atoms with Crippen molar-refractivity contribution in [2.24, 2.45) is 0 Å². The number of hydrogen-bond acceptors (Lipinski definition) is 2. The molecule has 1 aliphatic rings. The standard InChI is InChI=1S/C19H22NO2/c1-20(2,3)12-19(21)22-13-18-16-10-6-4-8-14(16)15-9-5-7-11-17(15)18/h4-11,18H,12-13H2,1-3H3/q+1. The van der Waals surface area contributed by atoms with E-state index in [2.05, 4.69) is 36.4 Å². The van der Waals surface area contributed by atoms with Crippen LogP contribution in [-0.4, -0.2) is 44.7 Å². The van der Waals surface area contributed by atoms with E-state index in [1.807, 2.05) is 33.3 Å². The highest BCUT2D eigenvalue weighted by atomic mass is 16.5. The van der Waals surface area contributed by atoms with Gasteiger partial charge in [0.1, 0.15) is 6.61 Å². The van der Waals surface area contributed by atoms with Crippen molar-refractivity contribution in [1.29, 1.82) is 0 Å². The van der Waals surface area contributed by atoms with Gasteiger partial charge >= 0.3 is 5.97 Å². The fourth-order valence-corrected chi connectivity index (χ4v) is 3.05. The molecule has 0 fully saturated rings. The highest BCUT2D eigenvalue weighted by Gasteiger charge is 2.29. The first-order valence-corrected chi connectivity index (χ1v) is 7.60. The normalized spacial score (nSPS) is 13.6. The van der Waals surface area contributed by atoms with Gasteiger partial charge in [-0.15, -0.1) is 0 Å². The largest absolute Gasteiger partial charge is 0.461 e. The zero-order chi connectivity index (χ0) is 15.7. The molecule has 0 aromatic heterocycles. The van der Waals surface area contributed by atoms with Gasteiger partial charge in [0, 0.05) is 5.92 Å². The van der Waals surface area contributed by atoms with Crippen molar-refractivity contribution >= 4 is 5.97 Å². The summed E-state index contributed by atoms with van der Waals surface area (Å²) in [5, 5.41) is 0. The number of benzene rings is 2. The maximum absolute atomic E-state index is 12.0. The van der Waals surface area contributed by atoms with Crippen molar-refractivity contribution in [3.63, 3.8) is 0 Å². The molecule has 2 aromatic carbocycles. The van der Waals surface area contributed by atoms with Crippen molar-refractivity contribution in [3.05, 3.63) is 59.7 Å². The van der Waals surface area contributed by atoms with E-state index in [0.29, 0.717) is 17.6 Å². The topological polar surface area (TPSA) is 26.3 Å². The SMILES string of the molecule is C[N+](C)(C)CC(=O)OCC1c2ccccc2-c2ccccc21. The molecule has 2 aromatic rings. The molecule has 0 saturated heterocycles. The van der Waals surface area contributed by atoms with E-state index < -0.39 is 0 Å². The Morgan fingerprint density at radius 3 is 1.95 bits per heavy atom. The second-order valence-electron chi connectivity index (χ2n) is 6.86. The second-order valence-corrected chi connectivity index (χ2v) is 6.86. The Morgan fingerprint density at radius 1 is 0.955 bits per heavy atom. The quantitative estimate of drug-likeness (QED) is 0.640. The van der Waals surface area contributed by atoms with Crippen LogP contribution in [0.15, 0.2) is 48.5 Å². The molecule has 0 spiro atoms. The van der Waals surface area contributed by atoms with Gasteiger partial charge in [-0.2, -0.15) is 0 Å². The average molecular weight is 296 g/mol. The molecule has 0 radical (unpaired) electrons. The van der Waals surface area contributed by atoms with E-state index in [9.17, 15) is 4.79 Å². The number of fused-ring (bicyclic) bond motifs is 3.